The van der Waals surface area contributed by atoms with Crippen molar-refractivity contribution >= 4 is 10.0 Å². The zero-order chi connectivity index (χ0) is 11.4. The van der Waals surface area contributed by atoms with Gasteiger partial charge in [-0.05, 0) is 26.8 Å². The molecular weight excluding hydrogens is 204 g/mol. The Kier molecular flexibility index (Phi) is 5.00. The van der Waals surface area contributed by atoms with Gasteiger partial charge in [0.15, 0.2) is 0 Å². The fourth-order valence-electron chi connectivity index (χ4n) is 0.879. The van der Waals surface area contributed by atoms with E-state index in [1.807, 2.05) is 0 Å². The van der Waals surface area contributed by atoms with Crippen LogP contribution in [0.5, 0.6) is 0 Å². The van der Waals surface area contributed by atoms with Crippen LogP contribution in [0.3, 0.4) is 0 Å². The summed E-state index contributed by atoms with van der Waals surface area (Å²) in [5.74, 6) is 0.0312. The van der Waals surface area contributed by atoms with Gasteiger partial charge in [0.05, 0.1) is 17.9 Å². The van der Waals surface area contributed by atoms with Gasteiger partial charge in [0.2, 0.25) is 10.0 Å². The third kappa shape index (κ3) is 3.53. The molecule has 3 N–H and O–H groups in total. The highest BCUT2D eigenvalue weighted by atomic mass is 32.2. The SMILES string of the molecule is CN(C(C)(C)CO)S(=O)(=O)CCCN. The molecule has 0 aromatic rings. The molecule has 0 aromatic heterocycles. The normalized spacial score (nSPS) is 13.6. The van der Waals surface area contributed by atoms with Crippen LogP contribution in [0, 0.1) is 0 Å². The summed E-state index contributed by atoms with van der Waals surface area (Å²) in [5, 5.41) is 9.02. The zero-order valence-electron chi connectivity index (χ0n) is 9.02. The number of aliphatic hydroxyl groups is 1. The van der Waals surface area contributed by atoms with Crippen molar-refractivity contribution in [3.05, 3.63) is 0 Å². The standard InChI is InChI=1S/C8H20N2O3S/c1-8(2,7-11)10(3)14(12,13)6-4-5-9/h11H,4-7,9H2,1-3H3. The summed E-state index contributed by atoms with van der Waals surface area (Å²) in [7, 11) is -1.82. The van der Waals surface area contributed by atoms with Crippen molar-refractivity contribution < 1.29 is 13.5 Å². The number of nitrogens with zero attached hydrogens (tertiary/aromatic N) is 1. The minimum absolute atomic E-state index is 0.0312. The Hall–Kier alpha value is -0.170. The highest BCUT2D eigenvalue weighted by molar-refractivity contribution is 7.89. The van der Waals surface area contributed by atoms with E-state index < -0.39 is 15.6 Å². The summed E-state index contributed by atoms with van der Waals surface area (Å²) in [6.07, 6.45) is 0.439. The van der Waals surface area contributed by atoms with E-state index in [1.54, 1.807) is 13.8 Å². The van der Waals surface area contributed by atoms with Gasteiger partial charge in [-0.3, -0.25) is 0 Å². The second-order valence-corrected chi connectivity index (χ2v) is 6.02. The van der Waals surface area contributed by atoms with E-state index in [0.29, 0.717) is 13.0 Å². The first kappa shape index (κ1) is 13.8. The molecule has 0 atom stereocenters. The van der Waals surface area contributed by atoms with Gasteiger partial charge in [-0.15, -0.1) is 0 Å². The average Bonchev–Trinajstić information content (AvgIpc) is 2.13. The van der Waals surface area contributed by atoms with E-state index in [0.717, 1.165) is 0 Å². The predicted molar refractivity (Wildman–Crippen MR) is 56.4 cm³/mol. The Morgan fingerprint density at radius 3 is 2.29 bits per heavy atom. The molecule has 0 radical (unpaired) electrons. The molecule has 0 aliphatic rings. The monoisotopic (exact) mass is 224 g/mol. The maximum Gasteiger partial charge on any atom is 0.214 e. The molecule has 86 valence electrons. The van der Waals surface area contributed by atoms with Crippen LogP contribution in [0.2, 0.25) is 0 Å². The van der Waals surface area contributed by atoms with Crippen LogP contribution in [0.4, 0.5) is 0 Å². The summed E-state index contributed by atoms with van der Waals surface area (Å²) in [6.45, 7) is 3.50. The molecule has 0 aromatic carbocycles. The van der Waals surface area contributed by atoms with Crippen LogP contribution in [-0.2, 0) is 10.0 Å². The van der Waals surface area contributed by atoms with Crippen molar-refractivity contribution in [2.75, 3.05) is 26.0 Å². The van der Waals surface area contributed by atoms with Gasteiger partial charge < -0.3 is 10.8 Å². The zero-order valence-corrected chi connectivity index (χ0v) is 9.84. The third-order valence-corrected chi connectivity index (χ3v) is 4.40. The number of likely N-dealkylation sites (N-methyl/N-ethyl adjacent to an activating group) is 1. The lowest BCUT2D eigenvalue weighted by Gasteiger charge is -2.32. The van der Waals surface area contributed by atoms with Gasteiger partial charge in [0.1, 0.15) is 0 Å². The number of hydrogen-bond acceptors (Lipinski definition) is 4. The average molecular weight is 224 g/mol. The largest absolute Gasteiger partial charge is 0.394 e. The minimum Gasteiger partial charge on any atom is -0.394 e. The van der Waals surface area contributed by atoms with E-state index in [4.69, 9.17) is 10.8 Å². The van der Waals surface area contributed by atoms with Gasteiger partial charge in [0.25, 0.3) is 0 Å². The first-order valence-corrected chi connectivity index (χ1v) is 6.16. The van der Waals surface area contributed by atoms with E-state index >= 15 is 0 Å². The molecular formula is C8H20N2O3S. The molecule has 0 saturated heterocycles. The first-order chi connectivity index (χ1) is 6.28. The molecule has 6 heteroatoms. The van der Waals surface area contributed by atoms with Crippen LogP contribution in [-0.4, -0.2) is 49.3 Å². The van der Waals surface area contributed by atoms with Gasteiger partial charge in [-0.2, -0.15) is 4.31 Å². The first-order valence-electron chi connectivity index (χ1n) is 4.55. The molecule has 0 bridgehead atoms. The Morgan fingerprint density at radius 2 is 1.93 bits per heavy atom. The van der Waals surface area contributed by atoms with Gasteiger partial charge in [0, 0.05) is 7.05 Å². The molecule has 5 nitrogen and oxygen atoms in total. The maximum absolute atomic E-state index is 11.7. The number of aliphatic hydroxyl groups excluding tert-OH is 1. The summed E-state index contributed by atoms with van der Waals surface area (Å²) < 4.78 is 24.5. The predicted octanol–water partition coefficient (Wildman–Crippen LogP) is -0.632. The number of rotatable bonds is 6. The van der Waals surface area contributed by atoms with E-state index in [9.17, 15) is 8.42 Å². The molecule has 0 spiro atoms. The second-order valence-electron chi connectivity index (χ2n) is 3.90. The molecule has 0 unspecified atom stereocenters. The van der Waals surface area contributed by atoms with E-state index in [2.05, 4.69) is 0 Å². The Balaban J connectivity index is 4.59. The highest BCUT2D eigenvalue weighted by Crippen LogP contribution is 2.16. The van der Waals surface area contributed by atoms with E-state index in [1.165, 1.54) is 11.4 Å². The maximum atomic E-state index is 11.7. The van der Waals surface area contributed by atoms with Crippen molar-refractivity contribution in [1.82, 2.24) is 4.31 Å². The summed E-state index contributed by atoms with van der Waals surface area (Å²) in [6, 6.07) is 0. The van der Waals surface area contributed by atoms with Gasteiger partial charge in [-0.25, -0.2) is 8.42 Å². The quantitative estimate of drug-likeness (QED) is 0.629. The third-order valence-electron chi connectivity index (χ3n) is 2.26. The van der Waals surface area contributed by atoms with Crippen molar-refractivity contribution in [3.63, 3.8) is 0 Å². The van der Waals surface area contributed by atoms with Crippen LogP contribution in [0.1, 0.15) is 20.3 Å². The van der Waals surface area contributed by atoms with Crippen molar-refractivity contribution in [1.29, 1.82) is 0 Å². The summed E-state index contributed by atoms with van der Waals surface area (Å²) in [5.41, 5.74) is 4.49. The minimum atomic E-state index is -3.30. The fraction of sp³-hybridized carbons (Fsp3) is 1.00. The smallest absolute Gasteiger partial charge is 0.214 e. The Labute approximate surface area is 85.9 Å². The van der Waals surface area contributed by atoms with Crippen LogP contribution < -0.4 is 5.73 Å². The molecule has 0 aliphatic carbocycles. The van der Waals surface area contributed by atoms with Crippen molar-refractivity contribution in [2.24, 2.45) is 5.73 Å². The highest BCUT2D eigenvalue weighted by Gasteiger charge is 2.31. The van der Waals surface area contributed by atoms with E-state index in [-0.39, 0.29) is 12.4 Å². The number of hydrogen-bond donors (Lipinski definition) is 2. The number of nitrogens with two attached hydrogens (primary N) is 1. The topological polar surface area (TPSA) is 83.6 Å². The lowest BCUT2D eigenvalue weighted by Crippen LogP contribution is -2.48. The number of sulfonamides is 1. The second kappa shape index (κ2) is 5.06. The van der Waals surface area contributed by atoms with Crippen LogP contribution in [0.25, 0.3) is 0 Å². The molecule has 0 saturated carbocycles. The molecule has 0 fully saturated rings. The molecule has 0 aliphatic heterocycles. The van der Waals surface area contributed by atoms with Crippen molar-refractivity contribution in [2.45, 2.75) is 25.8 Å². The summed E-state index contributed by atoms with van der Waals surface area (Å²) in [4.78, 5) is 0. The van der Waals surface area contributed by atoms with Crippen LogP contribution in [0.15, 0.2) is 0 Å². The lowest BCUT2D eigenvalue weighted by molar-refractivity contribution is 0.138. The van der Waals surface area contributed by atoms with Crippen LogP contribution >= 0.6 is 0 Å². The molecule has 0 amide bonds. The van der Waals surface area contributed by atoms with Gasteiger partial charge >= 0.3 is 0 Å². The Bertz CT molecular complexity index is 262. The fourth-order valence-corrected chi connectivity index (χ4v) is 2.49. The van der Waals surface area contributed by atoms with Gasteiger partial charge in [-0.1, -0.05) is 0 Å². The molecule has 0 rings (SSSR count). The molecule has 14 heavy (non-hydrogen) atoms. The molecule has 0 heterocycles. The lowest BCUT2D eigenvalue weighted by atomic mass is 10.1. The Morgan fingerprint density at radius 1 is 1.43 bits per heavy atom. The van der Waals surface area contributed by atoms with Crippen molar-refractivity contribution in [3.8, 4) is 0 Å². The summed E-state index contributed by atoms with van der Waals surface area (Å²) >= 11 is 0.